The molecule has 0 N–H and O–H groups in total. The molecule has 8 heteroatoms. The number of rotatable bonds is 3. The number of halogens is 2. The van der Waals surface area contributed by atoms with Crippen molar-refractivity contribution in [3.05, 3.63) is 46.5 Å². The molecule has 0 saturated carbocycles. The van der Waals surface area contributed by atoms with Gasteiger partial charge in [-0.25, -0.2) is 14.1 Å². The van der Waals surface area contributed by atoms with E-state index in [0.29, 0.717) is 22.5 Å². The van der Waals surface area contributed by atoms with E-state index in [1.807, 2.05) is 6.92 Å². The van der Waals surface area contributed by atoms with Crippen LogP contribution in [-0.2, 0) is 6.54 Å². The third-order valence-electron chi connectivity index (χ3n) is 2.73. The SMILES string of the molecule is Cc1ncnn1Cc1nc(-c2ccc(Br)cc2F)no1. The Kier molecular flexibility index (Phi) is 3.31. The van der Waals surface area contributed by atoms with Gasteiger partial charge in [-0.05, 0) is 25.1 Å². The molecule has 0 aliphatic rings. The van der Waals surface area contributed by atoms with Crippen molar-refractivity contribution in [2.24, 2.45) is 0 Å². The van der Waals surface area contributed by atoms with E-state index < -0.39 is 5.82 Å². The highest BCUT2D eigenvalue weighted by atomic mass is 79.9. The highest BCUT2D eigenvalue weighted by Gasteiger charge is 2.14. The van der Waals surface area contributed by atoms with Crippen molar-refractivity contribution in [3.63, 3.8) is 0 Å². The van der Waals surface area contributed by atoms with Crippen molar-refractivity contribution >= 4 is 15.9 Å². The molecule has 0 spiro atoms. The molecule has 3 aromatic rings. The number of nitrogens with zero attached hydrogens (tertiary/aromatic N) is 5. The van der Waals surface area contributed by atoms with Gasteiger partial charge >= 0.3 is 0 Å². The van der Waals surface area contributed by atoms with Crippen molar-refractivity contribution in [3.8, 4) is 11.4 Å². The average Bonchev–Trinajstić information content (AvgIpc) is 3.00. The molecule has 0 fully saturated rings. The van der Waals surface area contributed by atoms with E-state index in [2.05, 4.69) is 36.2 Å². The first-order valence-electron chi connectivity index (χ1n) is 5.76. The van der Waals surface area contributed by atoms with Gasteiger partial charge in [0.25, 0.3) is 0 Å². The zero-order valence-corrected chi connectivity index (χ0v) is 12.0. The summed E-state index contributed by atoms with van der Waals surface area (Å²) in [6.07, 6.45) is 1.45. The Bertz CT molecular complexity index is 754. The van der Waals surface area contributed by atoms with Crippen molar-refractivity contribution < 1.29 is 8.91 Å². The van der Waals surface area contributed by atoms with E-state index in [1.54, 1.807) is 16.8 Å². The van der Waals surface area contributed by atoms with Gasteiger partial charge in [0.2, 0.25) is 11.7 Å². The van der Waals surface area contributed by atoms with Gasteiger partial charge in [0.1, 0.15) is 24.5 Å². The van der Waals surface area contributed by atoms with Crippen LogP contribution in [0.1, 0.15) is 11.7 Å². The number of aryl methyl sites for hydroxylation is 1. The minimum absolute atomic E-state index is 0.211. The standard InChI is InChI=1S/C12H9BrFN5O/c1-7-15-6-16-19(7)5-11-17-12(18-20-11)9-3-2-8(13)4-10(9)14/h2-4,6H,5H2,1H3. The predicted octanol–water partition coefficient (Wildman–Crippen LogP) is 2.59. The third kappa shape index (κ3) is 2.46. The fourth-order valence-corrected chi connectivity index (χ4v) is 2.04. The molecule has 0 aliphatic carbocycles. The van der Waals surface area contributed by atoms with Gasteiger partial charge in [0, 0.05) is 4.47 Å². The Hall–Kier alpha value is -2.09. The molecule has 3 rings (SSSR count). The molecule has 0 radical (unpaired) electrons. The van der Waals surface area contributed by atoms with Gasteiger partial charge < -0.3 is 4.52 Å². The summed E-state index contributed by atoms with van der Waals surface area (Å²) in [5.41, 5.74) is 0.290. The first-order valence-corrected chi connectivity index (χ1v) is 6.55. The van der Waals surface area contributed by atoms with Crippen molar-refractivity contribution in [2.45, 2.75) is 13.5 Å². The first-order chi connectivity index (χ1) is 9.63. The molecule has 0 unspecified atom stereocenters. The Balaban J connectivity index is 1.88. The Labute approximate surface area is 121 Å². The molecule has 1 aromatic carbocycles. The Morgan fingerprint density at radius 3 is 2.95 bits per heavy atom. The van der Waals surface area contributed by atoms with Crippen LogP contribution in [0, 0.1) is 12.7 Å². The molecule has 0 aliphatic heterocycles. The van der Waals surface area contributed by atoms with Crippen LogP contribution in [0.4, 0.5) is 4.39 Å². The van der Waals surface area contributed by atoms with E-state index in [-0.39, 0.29) is 5.82 Å². The Morgan fingerprint density at radius 2 is 2.25 bits per heavy atom. The summed E-state index contributed by atoms with van der Waals surface area (Å²) >= 11 is 3.20. The number of benzene rings is 1. The van der Waals surface area contributed by atoms with Crippen molar-refractivity contribution in [2.75, 3.05) is 0 Å². The number of aromatic nitrogens is 5. The number of hydrogen-bond acceptors (Lipinski definition) is 5. The summed E-state index contributed by atoms with van der Waals surface area (Å²) in [6, 6.07) is 4.66. The van der Waals surface area contributed by atoms with Crippen LogP contribution in [0.15, 0.2) is 33.5 Å². The second kappa shape index (κ2) is 5.12. The number of hydrogen-bond donors (Lipinski definition) is 0. The first kappa shape index (κ1) is 12.9. The van der Waals surface area contributed by atoms with Gasteiger partial charge in [0.05, 0.1) is 5.56 Å². The lowest BCUT2D eigenvalue weighted by molar-refractivity contribution is 0.364. The van der Waals surface area contributed by atoms with E-state index in [4.69, 9.17) is 4.52 Å². The van der Waals surface area contributed by atoms with Crippen LogP contribution in [0.25, 0.3) is 11.4 Å². The molecular formula is C12H9BrFN5O. The monoisotopic (exact) mass is 337 g/mol. The largest absolute Gasteiger partial charge is 0.337 e. The molecule has 0 bridgehead atoms. The van der Waals surface area contributed by atoms with E-state index in [0.717, 1.165) is 5.82 Å². The van der Waals surface area contributed by atoms with Crippen LogP contribution in [0.3, 0.4) is 0 Å². The van der Waals surface area contributed by atoms with E-state index in [9.17, 15) is 4.39 Å². The molecular weight excluding hydrogens is 329 g/mol. The molecule has 6 nitrogen and oxygen atoms in total. The van der Waals surface area contributed by atoms with Gasteiger partial charge in [-0.2, -0.15) is 10.1 Å². The van der Waals surface area contributed by atoms with E-state index >= 15 is 0 Å². The summed E-state index contributed by atoms with van der Waals surface area (Å²) < 4.78 is 21.2. The van der Waals surface area contributed by atoms with Crippen LogP contribution in [-0.4, -0.2) is 24.9 Å². The molecule has 0 amide bonds. The highest BCUT2D eigenvalue weighted by molar-refractivity contribution is 9.10. The summed E-state index contributed by atoms with van der Waals surface area (Å²) in [4.78, 5) is 8.16. The quantitative estimate of drug-likeness (QED) is 0.734. The molecule has 102 valence electrons. The second-order valence-electron chi connectivity index (χ2n) is 4.10. The van der Waals surface area contributed by atoms with Crippen LogP contribution in [0.5, 0.6) is 0 Å². The summed E-state index contributed by atoms with van der Waals surface area (Å²) in [5, 5.41) is 7.80. The summed E-state index contributed by atoms with van der Waals surface area (Å²) in [6.45, 7) is 2.12. The predicted molar refractivity (Wildman–Crippen MR) is 71.3 cm³/mol. The minimum atomic E-state index is -0.413. The summed E-state index contributed by atoms with van der Waals surface area (Å²) in [5.74, 6) is 0.877. The summed E-state index contributed by atoms with van der Waals surface area (Å²) in [7, 11) is 0. The third-order valence-corrected chi connectivity index (χ3v) is 3.23. The minimum Gasteiger partial charge on any atom is -0.337 e. The topological polar surface area (TPSA) is 69.6 Å². The van der Waals surface area contributed by atoms with Gasteiger partial charge in [0.15, 0.2) is 0 Å². The maximum absolute atomic E-state index is 13.8. The van der Waals surface area contributed by atoms with Gasteiger partial charge in [-0.1, -0.05) is 21.1 Å². The van der Waals surface area contributed by atoms with E-state index in [1.165, 1.54) is 12.4 Å². The van der Waals surface area contributed by atoms with Crippen molar-refractivity contribution in [1.29, 1.82) is 0 Å². The van der Waals surface area contributed by atoms with Gasteiger partial charge in [-0.3, -0.25) is 0 Å². The normalized spacial score (nSPS) is 10.9. The lowest BCUT2D eigenvalue weighted by Gasteiger charge is -1.98. The molecule has 20 heavy (non-hydrogen) atoms. The zero-order valence-electron chi connectivity index (χ0n) is 10.4. The lowest BCUT2D eigenvalue weighted by atomic mass is 10.2. The maximum atomic E-state index is 13.8. The van der Waals surface area contributed by atoms with Crippen LogP contribution < -0.4 is 0 Å². The second-order valence-corrected chi connectivity index (χ2v) is 5.02. The smallest absolute Gasteiger partial charge is 0.248 e. The highest BCUT2D eigenvalue weighted by Crippen LogP contribution is 2.23. The van der Waals surface area contributed by atoms with Crippen LogP contribution >= 0.6 is 15.9 Å². The van der Waals surface area contributed by atoms with Crippen molar-refractivity contribution in [1.82, 2.24) is 24.9 Å². The average molecular weight is 338 g/mol. The molecule has 2 aromatic heterocycles. The Morgan fingerprint density at radius 1 is 1.40 bits per heavy atom. The molecule has 0 saturated heterocycles. The molecule has 2 heterocycles. The van der Waals surface area contributed by atoms with Crippen LogP contribution in [0.2, 0.25) is 0 Å². The van der Waals surface area contributed by atoms with Gasteiger partial charge in [-0.15, -0.1) is 0 Å². The fraction of sp³-hybridized carbons (Fsp3) is 0.167. The maximum Gasteiger partial charge on any atom is 0.248 e. The zero-order chi connectivity index (χ0) is 14.1. The fourth-order valence-electron chi connectivity index (χ4n) is 1.70. The molecule has 0 atom stereocenters. The lowest BCUT2D eigenvalue weighted by Crippen LogP contribution is -2.04.